The number of aliphatic hydroxyl groups is 1. The largest absolute Gasteiger partial charge is 0.465 e. The maximum absolute atomic E-state index is 13.1. The highest BCUT2D eigenvalue weighted by molar-refractivity contribution is 9.10. The van der Waals surface area contributed by atoms with Gasteiger partial charge in [0.15, 0.2) is 5.92 Å². The Balaban J connectivity index is 3.11. The van der Waals surface area contributed by atoms with Gasteiger partial charge in [-0.1, -0.05) is 22.0 Å². The SMILES string of the molecule is CCOC(=O)C(C(=O)OCC)C(O)c1ccc(F)cc1Br. The van der Waals surface area contributed by atoms with Crippen LogP contribution in [0.15, 0.2) is 22.7 Å². The van der Waals surface area contributed by atoms with Crippen molar-refractivity contribution in [3.05, 3.63) is 34.1 Å². The molecule has 0 radical (unpaired) electrons. The molecule has 0 bridgehead atoms. The first-order valence-corrected chi connectivity index (χ1v) is 7.17. The van der Waals surface area contributed by atoms with Crippen LogP contribution < -0.4 is 0 Å². The van der Waals surface area contributed by atoms with Crippen LogP contribution in [0.5, 0.6) is 0 Å². The Morgan fingerprint density at radius 1 is 1.24 bits per heavy atom. The zero-order valence-electron chi connectivity index (χ0n) is 11.6. The highest BCUT2D eigenvalue weighted by Crippen LogP contribution is 2.31. The van der Waals surface area contributed by atoms with E-state index >= 15 is 0 Å². The third-order valence-corrected chi connectivity index (χ3v) is 3.36. The smallest absolute Gasteiger partial charge is 0.323 e. The molecule has 21 heavy (non-hydrogen) atoms. The minimum Gasteiger partial charge on any atom is -0.465 e. The summed E-state index contributed by atoms with van der Waals surface area (Å²) in [5.74, 6) is -3.81. The van der Waals surface area contributed by atoms with Crippen molar-refractivity contribution in [1.82, 2.24) is 0 Å². The average Bonchev–Trinajstić information content (AvgIpc) is 2.39. The van der Waals surface area contributed by atoms with Gasteiger partial charge in [-0.25, -0.2) is 4.39 Å². The minimum absolute atomic E-state index is 0.0616. The lowest BCUT2D eigenvalue weighted by atomic mass is 9.95. The van der Waals surface area contributed by atoms with Gasteiger partial charge in [0.1, 0.15) is 11.9 Å². The van der Waals surface area contributed by atoms with Crippen LogP contribution in [0.25, 0.3) is 0 Å². The molecule has 0 saturated heterocycles. The molecule has 1 unspecified atom stereocenters. The minimum atomic E-state index is -1.52. The average molecular weight is 363 g/mol. The van der Waals surface area contributed by atoms with E-state index in [2.05, 4.69) is 15.9 Å². The van der Waals surface area contributed by atoms with Crippen LogP contribution in [0.3, 0.4) is 0 Å². The topological polar surface area (TPSA) is 72.8 Å². The zero-order valence-corrected chi connectivity index (χ0v) is 13.2. The highest BCUT2D eigenvalue weighted by Gasteiger charge is 2.38. The van der Waals surface area contributed by atoms with Crippen LogP contribution in [-0.4, -0.2) is 30.3 Å². The summed E-state index contributed by atoms with van der Waals surface area (Å²) in [5, 5.41) is 10.3. The normalized spacial score (nSPS) is 12.1. The number of esters is 2. The fourth-order valence-electron chi connectivity index (χ4n) is 1.74. The lowest BCUT2D eigenvalue weighted by Crippen LogP contribution is -2.33. The molecule has 1 N–H and O–H groups in total. The van der Waals surface area contributed by atoms with Crippen LogP contribution in [0.2, 0.25) is 0 Å². The van der Waals surface area contributed by atoms with Gasteiger partial charge >= 0.3 is 11.9 Å². The summed E-state index contributed by atoms with van der Waals surface area (Å²) in [6.07, 6.45) is -1.50. The number of aliphatic hydroxyl groups excluding tert-OH is 1. The van der Waals surface area contributed by atoms with Gasteiger partial charge < -0.3 is 14.6 Å². The molecule has 7 heteroatoms. The lowest BCUT2D eigenvalue weighted by Gasteiger charge is -2.21. The molecular weight excluding hydrogens is 347 g/mol. The van der Waals surface area contributed by atoms with Gasteiger partial charge in [-0.15, -0.1) is 0 Å². The second-order valence-corrected chi connectivity index (χ2v) is 4.95. The first kappa shape index (κ1) is 17.6. The maximum Gasteiger partial charge on any atom is 0.323 e. The zero-order chi connectivity index (χ0) is 16.0. The van der Waals surface area contributed by atoms with Crippen molar-refractivity contribution in [3.63, 3.8) is 0 Å². The number of carbonyl (C=O) groups is 2. The Labute approximate surface area is 130 Å². The van der Waals surface area contributed by atoms with Gasteiger partial charge in [-0.3, -0.25) is 9.59 Å². The van der Waals surface area contributed by atoms with Gasteiger partial charge in [0.05, 0.1) is 13.2 Å². The Hall–Kier alpha value is -1.47. The molecule has 0 saturated carbocycles. The number of carbonyl (C=O) groups excluding carboxylic acids is 2. The Kier molecular flexibility index (Phi) is 6.77. The summed E-state index contributed by atoms with van der Waals surface area (Å²) >= 11 is 3.09. The number of ether oxygens (including phenoxy) is 2. The summed E-state index contributed by atoms with van der Waals surface area (Å²) in [6, 6.07) is 3.54. The van der Waals surface area contributed by atoms with E-state index < -0.39 is 29.8 Å². The van der Waals surface area contributed by atoms with E-state index in [0.717, 1.165) is 12.1 Å². The van der Waals surface area contributed by atoms with E-state index in [-0.39, 0.29) is 23.2 Å². The molecule has 1 atom stereocenters. The Morgan fingerprint density at radius 2 is 1.76 bits per heavy atom. The predicted molar refractivity (Wildman–Crippen MR) is 75.8 cm³/mol. The molecule has 0 aliphatic rings. The molecule has 0 aliphatic carbocycles. The molecule has 1 aromatic carbocycles. The summed E-state index contributed by atoms with van der Waals surface area (Å²) in [5.41, 5.74) is 0.197. The summed E-state index contributed by atoms with van der Waals surface area (Å²) < 4.78 is 22.9. The van der Waals surface area contributed by atoms with E-state index in [0.29, 0.717) is 0 Å². The van der Waals surface area contributed by atoms with Gasteiger partial charge in [-0.05, 0) is 31.5 Å². The fourth-order valence-corrected chi connectivity index (χ4v) is 2.32. The molecule has 0 spiro atoms. The van der Waals surface area contributed by atoms with Crippen molar-refractivity contribution in [2.75, 3.05) is 13.2 Å². The predicted octanol–water partition coefficient (Wildman–Crippen LogP) is 2.36. The number of hydrogen-bond acceptors (Lipinski definition) is 5. The molecule has 5 nitrogen and oxygen atoms in total. The van der Waals surface area contributed by atoms with Gasteiger partial charge in [0.25, 0.3) is 0 Å². The van der Waals surface area contributed by atoms with Crippen LogP contribution in [0.4, 0.5) is 4.39 Å². The molecule has 0 heterocycles. The van der Waals surface area contributed by atoms with E-state index in [4.69, 9.17) is 9.47 Å². The maximum atomic E-state index is 13.1. The Bertz CT molecular complexity index is 502. The van der Waals surface area contributed by atoms with Gasteiger partial charge in [0.2, 0.25) is 0 Å². The van der Waals surface area contributed by atoms with Gasteiger partial charge in [-0.2, -0.15) is 0 Å². The van der Waals surface area contributed by atoms with Crippen LogP contribution in [0, 0.1) is 11.7 Å². The van der Waals surface area contributed by atoms with Crippen molar-refractivity contribution in [2.24, 2.45) is 5.92 Å². The standard InChI is InChI=1S/C14H16BrFO5/c1-3-20-13(18)11(14(19)21-4-2)12(17)9-6-5-8(16)7-10(9)15/h5-7,11-12,17H,3-4H2,1-2H3. The molecule has 0 aliphatic heterocycles. The number of hydrogen-bond donors (Lipinski definition) is 1. The van der Waals surface area contributed by atoms with Crippen molar-refractivity contribution in [3.8, 4) is 0 Å². The second kappa shape index (κ2) is 8.09. The molecule has 116 valence electrons. The molecular formula is C14H16BrFO5. The van der Waals surface area contributed by atoms with Crippen LogP contribution in [-0.2, 0) is 19.1 Å². The molecule has 0 aromatic heterocycles. The number of rotatable bonds is 6. The summed E-state index contributed by atoms with van der Waals surface area (Å²) in [6.45, 7) is 3.29. The van der Waals surface area contributed by atoms with Crippen LogP contribution >= 0.6 is 15.9 Å². The first-order chi connectivity index (χ1) is 9.92. The fraction of sp³-hybridized carbons (Fsp3) is 0.429. The number of benzene rings is 1. The third-order valence-electron chi connectivity index (χ3n) is 2.68. The van der Waals surface area contributed by atoms with Crippen molar-refractivity contribution in [1.29, 1.82) is 0 Å². The highest BCUT2D eigenvalue weighted by atomic mass is 79.9. The van der Waals surface area contributed by atoms with E-state index in [1.54, 1.807) is 13.8 Å². The van der Waals surface area contributed by atoms with Crippen molar-refractivity contribution >= 4 is 27.9 Å². The third kappa shape index (κ3) is 4.50. The van der Waals surface area contributed by atoms with E-state index in [9.17, 15) is 19.1 Å². The molecule has 1 rings (SSSR count). The summed E-state index contributed by atoms with van der Waals surface area (Å²) in [4.78, 5) is 23.8. The lowest BCUT2D eigenvalue weighted by molar-refractivity contribution is -0.167. The molecule has 0 amide bonds. The van der Waals surface area contributed by atoms with E-state index in [1.165, 1.54) is 6.07 Å². The first-order valence-electron chi connectivity index (χ1n) is 6.38. The monoisotopic (exact) mass is 362 g/mol. The number of halogens is 2. The van der Waals surface area contributed by atoms with Crippen molar-refractivity contribution in [2.45, 2.75) is 20.0 Å². The van der Waals surface area contributed by atoms with E-state index in [1.807, 2.05) is 0 Å². The quantitative estimate of drug-likeness (QED) is 0.621. The summed E-state index contributed by atoms with van der Waals surface area (Å²) in [7, 11) is 0. The Morgan fingerprint density at radius 3 is 2.19 bits per heavy atom. The molecule has 1 aromatic rings. The van der Waals surface area contributed by atoms with Gasteiger partial charge in [0, 0.05) is 4.47 Å². The van der Waals surface area contributed by atoms with Crippen LogP contribution in [0.1, 0.15) is 25.5 Å². The van der Waals surface area contributed by atoms with Crippen molar-refractivity contribution < 1.29 is 28.6 Å². The second-order valence-electron chi connectivity index (χ2n) is 4.09. The molecule has 0 fully saturated rings.